The molecule has 2 aliphatic heterocycles. The number of ether oxygens (including phenoxy) is 1. The Morgan fingerprint density at radius 1 is 1.52 bits per heavy atom. The molecule has 1 aromatic carbocycles. The fourth-order valence-corrected chi connectivity index (χ4v) is 3.17. The van der Waals surface area contributed by atoms with E-state index in [2.05, 4.69) is 10.2 Å². The number of benzene rings is 1. The zero-order chi connectivity index (χ0) is 14.8. The van der Waals surface area contributed by atoms with Crippen molar-refractivity contribution in [1.29, 1.82) is 0 Å². The first-order valence-corrected chi connectivity index (χ1v) is 7.70. The molecule has 0 radical (unpaired) electrons. The summed E-state index contributed by atoms with van der Waals surface area (Å²) in [4.78, 5) is 14.6. The second kappa shape index (κ2) is 6.22. The van der Waals surface area contributed by atoms with Crippen molar-refractivity contribution in [2.45, 2.75) is 25.0 Å². The summed E-state index contributed by atoms with van der Waals surface area (Å²) in [5, 5.41) is 3.30. The minimum Gasteiger partial charge on any atom is -0.398 e. The van der Waals surface area contributed by atoms with Crippen LogP contribution in [-0.2, 0) is 4.74 Å². The number of carbonyl (C=O) groups is 1. The standard InChI is InChI=1S/C15H20ClN3O2/c16-13-6-10(3-4-14(13)17)15(20)18-7-12-8-19-5-1-2-11(19)9-21-12/h3-4,6,11-12H,1-2,5,7-9,17H2,(H,18,20). The molecule has 0 bridgehead atoms. The van der Waals surface area contributed by atoms with Crippen LogP contribution in [0.1, 0.15) is 23.2 Å². The van der Waals surface area contributed by atoms with E-state index in [1.807, 2.05) is 0 Å². The first kappa shape index (κ1) is 14.6. The van der Waals surface area contributed by atoms with Crippen LogP contribution < -0.4 is 11.1 Å². The van der Waals surface area contributed by atoms with Crippen molar-refractivity contribution in [3.63, 3.8) is 0 Å². The van der Waals surface area contributed by atoms with Gasteiger partial charge in [-0.3, -0.25) is 9.69 Å². The van der Waals surface area contributed by atoms with Gasteiger partial charge in [-0.05, 0) is 37.6 Å². The van der Waals surface area contributed by atoms with Gasteiger partial charge in [0.2, 0.25) is 0 Å². The molecule has 0 aliphatic carbocycles. The summed E-state index contributed by atoms with van der Waals surface area (Å²) in [7, 11) is 0. The van der Waals surface area contributed by atoms with Crippen molar-refractivity contribution in [3.05, 3.63) is 28.8 Å². The molecular formula is C15H20ClN3O2. The topological polar surface area (TPSA) is 67.6 Å². The number of nitrogens with one attached hydrogen (secondary N) is 1. The van der Waals surface area contributed by atoms with Gasteiger partial charge in [0.15, 0.2) is 0 Å². The van der Waals surface area contributed by atoms with Crippen LogP contribution in [0, 0.1) is 0 Å². The van der Waals surface area contributed by atoms with E-state index in [-0.39, 0.29) is 12.0 Å². The number of nitrogen functional groups attached to an aromatic ring is 1. The van der Waals surface area contributed by atoms with Crippen LogP contribution in [0.3, 0.4) is 0 Å². The highest BCUT2D eigenvalue weighted by molar-refractivity contribution is 6.33. The van der Waals surface area contributed by atoms with Crippen molar-refractivity contribution in [1.82, 2.24) is 10.2 Å². The third kappa shape index (κ3) is 3.31. The third-order valence-electron chi connectivity index (χ3n) is 4.21. The quantitative estimate of drug-likeness (QED) is 0.831. The van der Waals surface area contributed by atoms with Crippen LogP contribution >= 0.6 is 11.6 Å². The highest BCUT2D eigenvalue weighted by atomic mass is 35.5. The molecular weight excluding hydrogens is 290 g/mol. The molecule has 0 spiro atoms. The van der Waals surface area contributed by atoms with Crippen molar-refractivity contribution in [2.24, 2.45) is 0 Å². The maximum Gasteiger partial charge on any atom is 0.251 e. The zero-order valence-corrected chi connectivity index (χ0v) is 12.6. The predicted octanol–water partition coefficient (Wildman–Crippen LogP) is 1.52. The summed E-state index contributed by atoms with van der Waals surface area (Å²) in [5.41, 5.74) is 6.63. The average Bonchev–Trinajstić information content (AvgIpc) is 2.95. The lowest BCUT2D eigenvalue weighted by molar-refractivity contribution is -0.0461. The first-order chi connectivity index (χ1) is 10.1. The fourth-order valence-electron chi connectivity index (χ4n) is 2.99. The highest BCUT2D eigenvalue weighted by Gasteiger charge is 2.32. The van der Waals surface area contributed by atoms with E-state index in [0.717, 1.165) is 19.7 Å². The predicted molar refractivity (Wildman–Crippen MR) is 82.5 cm³/mol. The Kier molecular flexibility index (Phi) is 4.33. The maximum absolute atomic E-state index is 12.1. The lowest BCUT2D eigenvalue weighted by Crippen LogP contribution is -2.50. The van der Waals surface area contributed by atoms with E-state index in [0.29, 0.717) is 28.9 Å². The number of nitrogens with zero attached hydrogens (tertiary/aromatic N) is 1. The number of halogens is 1. The average molecular weight is 310 g/mol. The minimum atomic E-state index is -0.149. The molecule has 0 saturated carbocycles. The molecule has 2 atom stereocenters. The van der Waals surface area contributed by atoms with Crippen molar-refractivity contribution in [3.8, 4) is 0 Å². The number of hydrogen-bond acceptors (Lipinski definition) is 4. The van der Waals surface area contributed by atoms with Crippen LogP contribution in [0.2, 0.25) is 5.02 Å². The monoisotopic (exact) mass is 309 g/mol. The van der Waals surface area contributed by atoms with Crippen LogP contribution in [0.25, 0.3) is 0 Å². The van der Waals surface area contributed by atoms with Gasteiger partial charge in [0.05, 0.1) is 23.4 Å². The van der Waals surface area contributed by atoms with Gasteiger partial charge >= 0.3 is 0 Å². The largest absolute Gasteiger partial charge is 0.398 e. The number of rotatable bonds is 3. The number of anilines is 1. The van der Waals surface area contributed by atoms with Gasteiger partial charge in [0.25, 0.3) is 5.91 Å². The summed E-state index contributed by atoms with van der Waals surface area (Å²) in [6.45, 7) is 3.33. The van der Waals surface area contributed by atoms with Gasteiger partial charge in [-0.25, -0.2) is 0 Å². The van der Waals surface area contributed by atoms with E-state index in [1.165, 1.54) is 12.8 Å². The van der Waals surface area contributed by atoms with E-state index in [4.69, 9.17) is 22.1 Å². The molecule has 114 valence electrons. The van der Waals surface area contributed by atoms with Gasteiger partial charge in [-0.2, -0.15) is 0 Å². The van der Waals surface area contributed by atoms with E-state index in [1.54, 1.807) is 18.2 Å². The molecule has 21 heavy (non-hydrogen) atoms. The Labute approximate surface area is 129 Å². The lowest BCUT2D eigenvalue weighted by Gasteiger charge is -2.35. The Bertz CT molecular complexity index is 538. The molecule has 2 aliphatic rings. The van der Waals surface area contributed by atoms with Crippen LogP contribution in [0.15, 0.2) is 18.2 Å². The summed E-state index contributed by atoms with van der Waals surface area (Å²) >= 11 is 5.93. The molecule has 5 nitrogen and oxygen atoms in total. The normalized spacial score (nSPS) is 25.6. The maximum atomic E-state index is 12.1. The second-order valence-electron chi connectivity index (χ2n) is 5.69. The number of morpholine rings is 1. The Balaban J connectivity index is 1.52. The molecule has 3 rings (SSSR count). The first-order valence-electron chi connectivity index (χ1n) is 7.32. The van der Waals surface area contributed by atoms with E-state index < -0.39 is 0 Å². The van der Waals surface area contributed by atoms with Crippen LogP contribution in [0.5, 0.6) is 0 Å². The SMILES string of the molecule is Nc1ccc(C(=O)NCC2CN3CCCC3CO2)cc1Cl. The van der Waals surface area contributed by atoms with Gasteiger partial charge in [0, 0.05) is 24.7 Å². The van der Waals surface area contributed by atoms with Crippen LogP contribution in [-0.4, -0.2) is 49.2 Å². The Morgan fingerprint density at radius 3 is 3.19 bits per heavy atom. The molecule has 1 aromatic rings. The van der Waals surface area contributed by atoms with Gasteiger partial charge in [-0.1, -0.05) is 11.6 Å². The molecule has 3 N–H and O–H groups in total. The molecule has 2 unspecified atom stereocenters. The molecule has 2 heterocycles. The fraction of sp³-hybridized carbons (Fsp3) is 0.533. The van der Waals surface area contributed by atoms with E-state index in [9.17, 15) is 4.79 Å². The number of hydrogen-bond donors (Lipinski definition) is 2. The molecule has 6 heteroatoms. The number of fused-ring (bicyclic) bond motifs is 1. The summed E-state index contributed by atoms with van der Waals surface area (Å²) in [6.07, 6.45) is 2.53. The molecule has 2 saturated heterocycles. The summed E-state index contributed by atoms with van der Waals surface area (Å²) in [6, 6.07) is 5.48. The van der Waals surface area contributed by atoms with Gasteiger partial charge in [-0.15, -0.1) is 0 Å². The Hall–Kier alpha value is -1.30. The second-order valence-corrected chi connectivity index (χ2v) is 6.10. The highest BCUT2D eigenvalue weighted by Crippen LogP contribution is 2.22. The number of nitrogens with two attached hydrogens (primary N) is 1. The van der Waals surface area contributed by atoms with Crippen molar-refractivity contribution in [2.75, 3.05) is 32.0 Å². The third-order valence-corrected chi connectivity index (χ3v) is 4.54. The smallest absolute Gasteiger partial charge is 0.251 e. The summed E-state index contributed by atoms with van der Waals surface area (Å²) in [5.74, 6) is -0.149. The minimum absolute atomic E-state index is 0.0625. The number of amides is 1. The Morgan fingerprint density at radius 2 is 2.38 bits per heavy atom. The van der Waals surface area contributed by atoms with Crippen LogP contribution in [0.4, 0.5) is 5.69 Å². The number of carbonyl (C=O) groups excluding carboxylic acids is 1. The molecule has 1 amide bonds. The molecule has 2 fully saturated rings. The van der Waals surface area contributed by atoms with Crippen molar-refractivity contribution >= 4 is 23.2 Å². The van der Waals surface area contributed by atoms with Gasteiger partial charge < -0.3 is 15.8 Å². The summed E-state index contributed by atoms with van der Waals surface area (Å²) < 4.78 is 5.82. The van der Waals surface area contributed by atoms with E-state index >= 15 is 0 Å². The molecule has 0 aromatic heterocycles. The lowest BCUT2D eigenvalue weighted by atomic mass is 10.1. The van der Waals surface area contributed by atoms with Gasteiger partial charge in [0.1, 0.15) is 0 Å². The van der Waals surface area contributed by atoms with Crippen molar-refractivity contribution < 1.29 is 9.53 Å². The zero-order valence-electron chi connectivity index (χ0n) is 11.8.